The van der Waals surface area contributed by atoms with Gasteiger partial charge in [-0.1, -0.05) is 48.5 Å². The van der Waals surface area contributed by atoms with Crippen LogP contribution in [0.15, 0.2) is 60.7 Å². The van der Waals surface area contributed by atoms with Gasteiger partial charge in [0.2, 0.25) is 21.8 Å². The second kappa shape index (κ2) is 12.0. The van der Waals surface area contributed by atoms with Crippen LogP contribution in [0.2, 0.25) is 0 Å². The predicted octanol–water partition coefficient (Wildman–Crippen LogP) is 3.61. The number of anilines is 1. The highest BCUT2D eigenvalue weighted by Crippen LogP contribution is 2.18. The van der Waals surface area contributed by atoms with Crippen LogP contribution < -0.4 is 9.62 Å². The fourth-order valence-electron chi connectivity index (χ4n) is 3.64. The van der Waals surface area contributed by atoms with E-state index in [4.69, 9.17) is 0 Å². The summed E-state index contributed by atoms with van der Waals surface area (Å²) in [7, 11) is -3.49. The summed E-state index contributed by atoms with van der Waals surface area (Å²) < 4.78 is 25.9. The van der Waals surface area contributed by atoms with Crippen LogP contribution in [0.25, 0.3) is 0 Å². The number of nitrogens with one attached hydrogen (secondary N) is 1. The zero-order valence-corrected chi connectivity index (χ0v) is 21.6. The van der Waals surface area contributed by atoms with Gasteiger partial charge in [-0.3, -0.25) is 13.9 Å². The van der Waals surface area contributed by atoms with Crippen LogP contribution in [-0.4, -0.2) is 56.1 Å². The average Bonchev–Trinajstić information content (AvgIpc) is 2.76. The molecule has 34 heavy (non-hydrogen) atoms. The molecule has 7 nitrogen and oxygen atoms in total. The first-order chi connectivity index (χ1) is 15.9. The van der Waals surface area contributed by atoms with Gasteiger partial charge < -0.3 is 10.2 Å². The fraction of sp³-hybridized carbons (Fsp3) is 0.462. The summed E-state index contributed by atoms with van der Waals surface area (Å²) in [6.45, 7) is 8.02. The van der Waals surface area contributed by atoms with Crippen molar-refractivity contribution in [3.63, 3.8) is 0 Å². The standard InChI is InChI=1S/C26H37N3O4S/c1-21(25(31)27-26(2,3)4)28(20-18-22-13-8-6-9-14-22)24(30)17-12-19-29(34(5,32)33)23-15-10-7-11-16-23/h6-11,13-16,21H,12,17-20H2,1-5H3,(H,27,31). The molecule has 1 N–H and O–H groups in total. The molecule has 0 aliphatic heterocycles. The van der Waals surface area contributed by atoms with Gasteiger partial charge in [0, 0.05) is 25.0 Å². The molecule has 8 heteroatoms. The third-order valence-electron chi connectivity index (χ3n) is 5.35. The van der Waals surface area contributed by atoms with Crippen LogP contribution in [0.1, 0.15) is 46.1 Å². The molecule has 1 atom stereocenters. The van der Waals surface area contributed by atoms with Crippen molar-refractivity contribution in [2.45, 2.75) is 58.5 Å². The van der Waals surface area contributed by atoms with Crippen LogP contribution >= 0.6 is 0 Å². The van der Waals surface area contributed by atoms with Gasteiger partial charge in [-0.05, 0) is 58.2 Å². The summed E-state index contributed by atoms with van der Waals surface area (Å²) in [5, 5.41) is 2.95. The van der Waals surface area contributed by atoms with Gasteiger partial charge in [0.1, 0.15) is 6.04 Å². The molecular formula is C26H37N3O4S. The molecule has 186 valence electrons. The highest BCUT2D eigenvalue weighted by atomic mass is 32.2. The van der Waals surface area contributed by atoms with E-state index in [1.165, 1.54) is 4.31 Å². The van der Waals surface area contributed by atoms with E-state index in [2.05, 4.69) is 5.32 Å². The second-order valence-corrected chi connectivity index (χ2v) is 11.4. The van der Waals surface area contributed by atoms with E-state index >= 15 is 0 Å². The average molecular weight is 488 g/mol. The molecule has 0 aliphatic carbocycles. The van der Waals surface area contributed by atoms with Crippen molar-refractivity contribution in [2.75, 3.05) is 23.7 Å². The Morgan fingerprint density at radius 3 is 2.03 bits per heavy atom. The highest BCUT2D eigenvalue weighted by Gasteiger charge is 2.28. The first-order valence-electron chi connectivity index (χ1n) is 11.6. The maximum atomic E-state index is 13.2. The third kappa shape index (κ3) is 8.82. The van der Waals surface area contributed by atoms with Crippen LogP contribution in [0.4, 0.5) is 5.69 Å². The molecule has 2 rings (SSSR count). The van der Waals surface area contributed by atoms with E-state index in [-0.39, 0.29) is 24.8 Å². The summed E-state index contributed by atoms with van der Waals surface area (Å²) in [6, 6.07) is 18.0. The molecule has 2 aromatic rings. The molecular weight excluding hydrogens is 450 g/mol. The minimum absolute atomic E-state index is 0.140. The number of benzene rings is 2. The number of para-hydroxylation sites is 1. The Labute approximate surface area is 204 Å². The van der Waals surface area contributed by atoms with E-state index in [0.717, 1.165) is 11.8 Å². The maximum Gasteiger partial charge on any atom is 0.242 e. The molecule has 2 amide bonds. The molecule has 0 fully saturated rings. The first-order valence-corrected chi connectivity index (χ1v) is 13.4. The number of nitrogens with zero attached hydrogens (tertiary/aromatic N) is 2. The lowest BCUT2D eigenvalue weighted by atomic mass is 10.1. The van der Waals surface area contributed by atoms with E-state index < -0.39 is 21.6 Å². The first kappa shape index (κ1) is 27.4. The number of hydrogen-bond donors (Lipinski definition) is 1. The Morgan fingerprint density at radius 2 is 1.50 bits per heavy atom. The van der Waals surface area contributed by atoms with Crippen molar-refractivity contribution < 1.29 is 18.0 Å². The Hall–Kier alpha value is -2.87. The SMILES string of the molecule is CC(C(=O)NC(C)(C)C)N(CCc1ccccc1)C(=O)CCCN(c1ccccc1)S(C)(=O)=O. The lowest BCUT2D eigenvalue weighted by molar-refractivity contribution is -0.140. The highest BCUT2D eigenvalue weighted by molar-refractivity contribution is 7.92. The smallest absolute Gasteiger partial charge is 0.242 e. The lowest BCUT2D eigenvalue weighted by Crippen LogP contribution is -2.53. The van der Waals surface area contributed by atoms with Crippen molar-refractivity contribution in [1.29, 1.82) is 0 Å². The predicted molar refractivity (Wildman–Crippen MR) is 137 cm³/mol. The molecule has 0 heterocycles. The molecule has 0 aliphatic rings. The normalized spacial score (nSPS) is 12.6. The van der Waals surface area contributed by atoms with Gasteiger partial charge in [-0.2, -0.15) is 0 Å². The number of amides is 2. The third-order valence-corrected chi connectivity index (χ3v) is 6.54. The zero-order chi connectivity index (χ0) is 25.4. The molecule has 0 aromatic heterocycles. The van der Waals surface area contributed by atoms with E-state index in [9.17, 15) is 18.0 Å². The number of sulfonamides is 1. The van der Waals surface area contributed by atoms with Gasteiger partial charge in [-0.15, -0.1) is 0 Å². The van der Waals surface area contributed by atoms with Crippen molar-refractivity contribution in [3.05, 3.63) is 66.2 Å². The number of carbonyl (C=O) groups is 2. The molecule has 0 radical (unpaired) electrons. The number of hydrogen-bond acceptors (Lipinski definition) is 4. The summed E-state index contributed by atoms with van der Waals surface area (Å²) >= 11 is 0. The Morgan fingerprint density at radius 1 is 0.941 bits per heavy atom. The Kier molecular flexibility index (Phi) is 9.67. The van der Waals surface area contributed by atoms with Crippen molar-refractivity contribution in [2.24, 2.45) is 0 Å². The molecule has 0 bridgehead atoms. The van der Waals surface area contributed by atoms with E-state index in [1.54, 1.807) is 36.1 Å². The van der Waals surface area contributed by atoms with E-state index in [1.807, 2.05) is 57.2 Å². The topological polar surface area (TPSA) is 86.8 Å². The number of carbonyl (C=O) groups excluding carboxylic acids is 2. The molecule has 1 unspecified atom stereocenters. The van der Waals surface area contributed by atoms with Crippen LogP contribution in [-0.2, 0) is 26.0 Å². The fourth-order valence-corrected chi connectivity index (χ4v) is 4.61. The second-order valence-electron chi connectivity index (χ2n) is 9.51. The monoisotopic (exact) mass is 487 g/mol. The largest absolute Gasteiger partial charge is 0.350 e. The van der Waals surface area contributed by atoms with Gasteiger partial charge in [0.15, 0.2) is 0 Å². The van der Waals surface area contributed by atoms with Crippen molar-refractivity contribution in [3.8, 4) is 0 Å². The summed E-state index contributed by atoms with van der Waals surface area (Å²) in [5.74, 6) is -0.384. The van der Waals surface area contributed by atoms with E-state index in [0.29, 0.717) is 25.1 Å². The quantitative estimate of drug-likeness (QED) is 0.525. The van der Waals surface area contributed by atoms with Gasteiger partial charge >= 0.3 is 0 Å². The maximum absolute atomic E-state index is 13.2. The molecule has 2 aromatic carbocycles. The molecule has 0 saturated heterocycles. The number of rotatable bonds is 11. The summed E-state index contributed by atoms with van der Waals surface area (Å²) in [4.78, 5) is 27.6. The van der Waals surface area contributed by atoms with Gasteiger partial charge in [0.05, 0.1) is 11.9 Å². The van der Waals surface area contributed by atoms with Gasteiger partial charge in [-0.25, -0.2) is 8.42 Å². The van der Waals surface area contributed by atoms with Crippen LogP contribution in [0, 0.1) is 0 Å². The zero-order valence-electron chi connectivity index (χ0n) is 20.8. The minimum Gasteiger partial charge on any atom is -0.350 e. The lowest BCUT2D eigenvalue weighted by Gasteiger charge is -2.32. The summed E-state index contributed by atoms with van der Waals surface area (Å²) in [5.41, 5.74) is 1.23. The van der Waals surface area contributed by atoms with Crippen molar-refractivity contribution in [1.82, 2.24) is 10.2 Å². The van der Waals surface area contributed by atoms with Gasteiger partial charge in [0.25, 0.3) is 0 Å². The van der Waals surface area contributed by atoms with Crippen LogP contribution in [0.3, 0.4) is 0 Å². The molecule has 0 spiro atoms. The van der Waals surface area contributed by atoms with Crippen molar-refractivity contribution >= 4 is 27.5 Å². The Balaban J connectivity index is 2.10. The minimum atomic E-state index is -3.49. The molecule has 0 saturated carbocycles. The summed E-state index contributed by atoms with van der Waals surface area (Å²) in [6.07, 6.45) is 2.27. The Bertz CT molecular complexity index is 1030. The van der Waals surface area contributed by atoms with Crippen LogP contribution in [0.5, 0.6) is 0 Å².